The molecule has 0 radical (unpaired) electrons. The van der Waals surface area contributed by atoms with Gasteiger partial charge < -0.3 is 10.2 Å². The van der Waals surface area contributed by atoms with Gasteiger partial charge in [-0.25, -0.2) is 0 Å². The molecule has 2 heterocycles. The van der Waals surface area contributed by atoms with Crippen LogP contribution in [0.3, 0.4) is 0 Å². The third kappa shape index (κ3) is 3.56. The molecule has 1 fully saturated rings. The summed E-state index contributed by atoms with van der Waals surface area (Å²) in [6.45, 7) is 5.60. The SMILES string of the molecule is CC(Cn1cccn1)NCCN1CCCC1=O. The number of carbonyl (C=O) groups excluding carboxylic acids is 1. The number of hydrogen-bond acceptors (Lipinski definition) is 3. The van der Waals surface area contributed by atoms with Crippen LogP contribution in [0.1, 0.15) is 19.8 Å². The second-order valence-corrected chi connectivity index (χ2v) is 4.57. The quantitative estimate of drug-likeness (QED) is 0.782. The van der Waals surface area contributed by atoms with Crippen LogP contribution in [0.4, 0.5) is 0 Å². The molecule has 94 valence electrons. The average Bonchev–Trinajstić information content (AvgIpc) is 2.91. The summed E-state index contributed by atoms with van der Waals surface area (Å²) in [5.74, 6) is 0.298. The summed E-state index contributed by atoms with van der Waals surface area (Å²) < 4.78 is 1.92. The van der Waals surface area contributed by atoms with E-state index in [2.05, 4.69) is 17.3 Å². The number of carbonyl (C=O) groups is 1. The fourth-order valence-electron chi connectivity index (χ4n) is 2.14. The number of aromatic nitrogens is 2. The van der Waals surface area contributed by atoms with E-state index < -0.39 is 0 Å². The van der Waals surface area contributed by atoms with E-state index in [1.54, 1.807) is 6.20 Å². The Morgan fingerprint density at radius 1 is 1.59 bits per heavy atom. The Morgan fingerprint density at radius 2 is 2.47 bits per heavy atom. The lowest BCUT2D eigenvalue weighted by Crippen LogP contribution is -2.38. The van der Waals surface area contributed by atoms with Gasteiger partial charge in [-0.1, -0.05) is 0 Å². The molecule has 1 aliphatic rings. The Hall–Kier alpha value is -1.36. The average molecular weight is 236 g/mol. The summed E-state index contributed by atoms with van der Waals surface area (Å²) in [7, 11) is 0. The van der Waals surface area contributed by atoms with E-state index in [4.69, 9.17) is 0 Å². The molecule has 5 nitrogen and oxygen atoms in total. The van der Waals surface area contributed by atoms with Crippen LogP contribution < -0.4 is 5.32 Å². The molecule has 0 bridgehead atoms. The maximum absolute atomic E-state index is 11.4. The van der Waals surface area contributed by atoms with Crippen molar-refractivity contribution in [3.8, 4) is 0 Å². The topological polar surface area (TPSA) is 50.2 Å². The maximum atomic E-state index is 11.4. The summed E-state index contributed by atoms with van der Waals surface area (Å²) >= 11 is 0. The minimum absolute atomic E-state index is 0.298. The molecule has 2 rings (SSSR count). The van der Waals surface area contributed by atoms with Crippen molar-refractivity contribution < 1.29 is 4.79 Å². The first-order chi connectivity index (χ1) is 8.25. The van der Waals surface area contributed by atoms with Crippen molar-refractivity contribution in [1.29, 1.82) is 0 Å². The highest BCUT2D eigenvalue weighted by molar-refractivity contribution is 5.78. The summed E-state index contributed by atoms with van der Waals surface area (Å²) in [5, 5.41) is 7.58. The number of nitrogens with zero attached hydrogens (tertiary/aromatic N) is 3. The van der Waals surface area contributed by atoms with Crippen LogP contribution in [0.15, 0.2) is 18.5 Å². The lowest BCUT2D eigenvalue weighted by Gasteiger charge is -2.18. The summed E-state index contributed by atoms with van der Waals surface area (Å²) in [6, 6.07) is 2.29. The number of amides is 1. The van der Waals surface area contributed by atoms with Gasteiger partial charge in [0.2, 0.25) is 5.91 Å². The zero-order valence-electron chi connectivity index (χ0n) is 10.3. The Kier molecular flexibility index (Phi) is 4.14. The Bertz CT molecular complexity index is 349. The van der Waals surface area contributed by atoms with Crippen LogP contribution in [0.5, 0.6) is 0 Å². The zero-order valence-corrected chi connectivity index (χ0v) is 10.3. The Labute approximate surface area is 102 Å². The minimum atomic E-state index is 0.298. The molecule has 1 unspecified atom stereocenters. The molecule has 1 aromatic rings. The van der Waals surface area contributed by atoms with E-state index in [9.17, 15) is 4.79 Å². The van der Waals surface area contributed by atoms with Gasteiger partial charge in [-0.05, 0) is 19.4 Å². The molecule has 1 amide bonds. The fourth-order valence-corrected chi connectivity index (χ4v) is 2.14. The van der Waals surface area contributed by atoms with Crippen LogP contribution >= 0.6 is 0 Å². The lowest BCUT2D eigenvalue weighted by atomic mass is 10.3. The summed E-state index contributed by atoms with van der Waals surface area (Å²) in [5.41, 5.74) is 0. The second-order valence-electron chi connectivity index (χ2n) is 4.57. The van der Waals surface area contributed by atoms with E-state index >= 15 is 0 Å². The molecular weight excluding hydrogens is 216 g/mol. The smallest absolute Gasteiger partial charge is 0.222 e. The highest BCUT2D eigenvalue weighted by Crippen LogP contribution is 2.07. The molecule has 1 saturated heterocycles. The number of rotatable bonds is 6. The van der Waals surface area contributed by atoms with Crippen LogP contribution in [-0.4, -0.2) is 46.3 Å². The van der Waals surface area contributed by atoms with Crippen molar-refractivity contribution in [1.82, 2.24) is 20.0 Å². The standard InChI is InChI=1S/C12H20N4O/c1-11(10-16-8-3-5-14-16)13-6-9-15-7-2-4-12(15)17/h3,5,8,11,13H,2,4,6-7,9-10H2,1H3. The Balaban J connectivity index is 1.63. The lowest BCUT2D eigenvalue weighted by molar-refractivity contribution is -0.127. The molecule has 1 N–H and O–H groups in total. The predicted octanol–water partition coefficient (Wildman–Crippen LogP) is 0.484. The molecule has 0 aromatic carbocycles. The van der Waals surface area contributed by atoms with E-state index in [1.807, 2.05) is 21.8 Å². The van der Waals surface area contributed by atoms with Crippen LogP contribution in [0.2, 0.25) is 0 Å². The first kappa shape index (κ1) is 12.1. The van der Waals surface area contributed by atoms with Crippen molar-refractivity contribution in [2.24, 2.45) is 0 Å². The first-order valence-corrected chi connectivity index (χ1v) is 6.24. The molecule has 0 saturated carbocycles. The van der Waals surface area contributed by atoms with Gasteiger partial charge in [0, 0.05) is 44.5 Å². The van der Waals surface area contributed by atoms with E-state index in [-0.39, 0.29) is 0 Å². The van der Waals surface area contributed by atoms with Gasteiger partial charge in [0.1, 0.15) is 0 Å². The van der Waals surface area contributed by atoms with Crippen molar-refractivity contribution in [3.05, 3.63) is 18.5 Å². The van der Waals surface area contributed by atoms with E-state index in [0.29, 0.717) is 11.9 Å². The fraction of sp³-hybridized carbons (Fsp3) is 0.667. The molecule has 17 heavy (non-hydrogen) atoms. The van der Waals surface area contributed by atoms with Crippen molar-refractivity contribution in [2.45, 2.75) is 32.4 Å². The molecular formula is C12H20N4O. The third-order valence-corrected chi connectivity index (χ3v) is 3.07. The van der Waals surface area contributed by atoms with Gasteiger partial charge in [-0.15, -0.1) is 0 Å². The van der Waals surface area contributed by atoms with E-state index in [1.165, 1.54) is 0 Å². The Morgan fingerprint density at radius 3 is 3.12 bits per heavy atom. The molecule has 0 aliphatic carbocycles. The highest BCUT2D eigenvalue weighted by atomic mass is 16.2. The number of hydrogen-bond donors (Lipinski definition) is 1. The van der Waals surface area contributed by atoms with E-state index in [0.717, 1.165) is 39.0 Å². The predicted molar refractivity (Wildman–Crippen MR) is 65.5 cm³/mol. The van der Waals surface area contributed by atoms with Gasteiger partial charge >= 0.3 is 0 Å². The van der Waals surface area contributed by atoms with Crippen LogP contribution in [0, 0.1) is 0 Å². The molecule has 1 atom stereocenters. The molecule has 5 heteroatoms. The summed E-state index contributed by atoms with van der Waals surface area (Å²) in [6.07, 6.45) is 5.49. The van der Waals surface area contributed by atoms with Crippen LogP contribution in [-0.2, 0) is 11.3 Å². The second kappa shape index (κ2) is 5.82. The van der Waals surface area contributed by atoms with Crippen molar-refractivity contribution in [3.63, 3.8) is 0 Å². The highest BCUT2D eigenvalue weighted by Gasteiger charge is 2.19. The number of likely N-dealkylation sites (tertiary alicyclic amines) is 1. The minimum Gasteiger partial charge on any atom is -0.341 e. The van der Waals surface area contributed by atoms with Crippen LogP contribution in [0.25, 0.3) is 0 Å². The largest absolute Gasteiger partial charge is 0.341 e. The van der Waals surface area contributed by atoms with Gasteiger partial charge in [-0.3, -0.25) is 9.48 Å². The maximum Gasteiger partial charge on any atom is 0.222 e. The van der Waals surface area contributed by atoms with Gasteiger partial charge in [0.15, 0.2) is 0 Å². The molecule has 0 spiro atoms. The summed E-state index contributed by atoms with van der Waals surface area (Å²) in [4.78, 5) is 13.3. The number of nitrogens with one attached hydrogen (secondary N) is 1. The zero-order chi connectivity index (χ0) is 12.1. The molecule has 1 aromatic heterocycles. The van der Waals surface area contributed by atoms with Gasteiger partial charge in [0.25, 0.3) is 0 Å². The normalized spacial score (nSPS) is 17.7. The monoisotopic (exact) mass is 236 g/mol. The van der Waals surface area contributed by atoms with Crippen molar-refractivity contribution in [2.75, 3.05) is 19.6 Å². The van der Waals surface area contributed by atoms with Gasteiger partial charge in [-0.2, -0.15) is 5.10 Å². The molecule has 1 aliphatic heterocycles. The van der Waals surface area contributed by atoms with Crippen molar-refractivity contribution >= 4 is 5.91 Å². The third-order valence-electron chi connectivity index (χ3n) is 3.07. The first-order valence-electron chi connectivity index (χ1n) is 6.24. The van der Waals surface area contributed by atoms with Gasteiger partial charge in [0.05, 0.1) is 6.54 Å².